The van der Waals surface area contributed by atoms with Crippen LogP contribution in [-0.2, 0) is 12.8 Å². The largest absolute Gasteiger partial charge is 0.421 e. The van der Waals surface area contributed by atoms with Gasteiger partial charge in [0.05, 0.1) is 4.47 Å². The highest BCUT2D eigenvalue weighted by molar-refractivity contribution is 9.10. The lowest BCUT2D eigenvalue weighted by atomic mass is 9.97. The maximum absolute atomic E-state index is 13.0. The average molecular weight is 525 g/mol. The molecule has 1 aromatic heterocycles. The minimum Gasteiger partial charge on any atom is -0.421 e. The normalized spacial score (nSPS) is 10.7. The van der Waals surface area contributed by atoms with Crippen molar-refractivity contribution in [3.05, 3.63) is 111 Å². The van der Waals surface area contributed by atoms with Crippen molar-refractivity contribution in [2.75, 3.05) is 0 Å². The minimum atomic E-state index is -0.397. The molecule has 0 saturated heterocycles. The Bertz CT molecular complexity index is 1170. The van der Waals surface area contributed by atoms with E-state index in [9.17, 15) is 4.79 Å². The van der Waals surface area contributed by atoms with Gasteiger partial charge in [-0.2, -0.15) is 0 Å². The molecule has 0 radical (unpaired) electrons. The monoisotopic (exact) mass is 523 g/mol. The Kier molecular flexibility index (Phi) is 6.50. The number of halogens is 2. The van der Waals surface area contributed by atoms with Crippen LogP contribution >= 0.6 is 31.9 Å². The van der Waals surface area contributed by atoms with E-state index >= 15 is 0 Å². The fourth-order valence-electron chi connectivity index (χ4n) is 3.41. The number of rotatable bonds is 6. The van der Waals surface area contributed by atoms with Gasteiger partial charge >= 0.3 is 5.97 Å². The van der Waals surface area contributed by atoms with Gasteiger partial charge in [0.15, 0.2) is 0 Å². The van der Waals surface area contributed by atoms with Crippen LogP contribution in [0.15, 0.2) is 94.0 Å². The lowest BCUT2D eigenvalue weighted by molar-refractivity contribution is 0.0727. The van der Waals surface area contributed by atoms with Crippen LogP contribution in [-0.4, -0.2) is 11.0 Å². The van der Waals surface area contributed by atoms with Crippen molar-refractivity contribution in [3.8, 4) is 16.9 Å². The SMILES string of the molecule is O=C(Oc1ccccc1Br)c1[nH]cc(-c2ccccc2)c1CCc1ccccc1Br. The average Bonchev–Trinajstić information content (AvgIpc) is 3.19. The quantitative estimate of drug-likeness (QED) is 0.214. The van der Waals surface area contributed by atoms with E-state index in [1.165, 1.54) is 5.56 Å². The number of hydrogen-bond donors (Lipinski definition) is 1. The second-order valence-electron chi connectivity index (χ2n) is 6.83. The van der Waals surface area contributed by atoms with Crippen LogP contribution < -0.4 is 4.74 Å². The molecule has 0 aliphatic heterocycles. The van der Waals surface area contributed by atoms with Gasteiger partial charge in [0.1, 0.15) is 11.4 Å². The van der Waals surface area contributed by atoms with Gasteiger partial charge in [-0.05, 0) is 63.7 Å². The molecular formula is C25H19Br2NO2. The fraction of sp³-hybridized carbons (Fsp3) is 0.0800. The second kappa shape index (κ2) is 9.45. The summed E-state index contributed by atoms with van der Waals surface area (Å²) in [5.41, 5.74) is 4.71. The van der Waals surface area contributed by atoms with Gasteiger partial charge in [-0.1, -0.05) is 76.6 Å². The third kappa shape index (κ3) is 4.58. The molecule has 1 N–H and O–H groups in total. The first-order valence-corrected chi connectivity index (χ1v) is 11.2. The minimum absolute atomic E-state index is 0.397. The first-order chi connectivity index (χ1) is 14.6. The molecule has 150 valence electrons. The molecule has 0 fully saturated rings. The molecular weight excluding hydrogens is 506 g/mol. The number of ether oxygens (including phenoxy) is 1. The number of para-hydroxylation sites is 1. The van der Waals surface area contributed by atoms with Crippen molar-refractivity contribution in [2.24, 2.45) is 0 Å². The summed E-state index contributed by atoms with van der Waals surface area (Å²) in [6.45, 7) is 0. The number of nitrogens with one attached hydrogen (secondary N) is 1. The van der Waals surface area contributed by atoms with Gasteiger partial charge in [0.25, 0.3) is 0 Å². The van der Waals surface area contributed by atoms with E-state index in [0.29, 0.717) is 17.9 Å². The molecule has 3 nitrogen and oxygen atoms in total. The maximum atomic E-state index is 13.0. The van der Waals surface area contributed by atoms with E-state index in [1.807, 2.05) is 72.9 Å². The van der Waals surface area contributed by atoms with Gasteiger partial charge in [-0.3, -0.25) is 0 Å². The molecule has 4 rings (SSSR count). The summed E-state index contributed by atoms with van der Waals surface area (Å²) < 4.78 is 7.48. The molecule has 0 aliphatic rings. The number of aromatic amines is 1. The topological polar surface area (TPSA) is 42.1 Å². The Hall–Kier alpha value is -2.63. The zero-order chi connectivity index (χ0) is 20.9. The number of esters is 1. The Labute approximate surface area is 192 Å². The summed E-state index contributed by atoms with van der Waals surface area (Å²) in [5.74, 6) is 0.0984. The summed E-state index contributed by atoms with van der Waals surface area (Å²) in [6, 6.07) is 25.6. The molecule has 0 spiro atoms. The zero-order valence-corrected chi connectivity index (χ0v) is 19.2. The first-order valence-electron chi connectivity index (χ1n) is 9.59. The Morgan fingerprint density at radius 1 is 0.800 bits per heavy atom. The predicted octanol–water partition coefficient (Wildman–Crippen LogP) is 7.21. The lowest BCUT2D eigenvalue weighted by Gasteiger charge is -2.10. The van der Waals surface area contributed by atoms with Crippen molar-refractivity contribution in [3.63, 3.8) is 0 Å². The molecule has 3 aromatic carbocycles. The number of carbonyl (C=O) groups is 1. The van der Waals surface area contributed by atoms with Crippen LogP contribution in [0.2, 0.25) is 0 Å². The third-order valence-electron chi connectivity index (χ3n) is 4.92. The number of H-pyrrole nitrogens is 1. The highest BCUT2D eigenvalue weighted by Gasteiger charge is 2.21. The van der Waals surface area contributed by atoms with Crippen molar-refractivity contribution in [1.82, 2.24) is 4.98 Å². The molecule has 0 bridgehead atoms. The van der Waals surface area contributed by atoms with Crippen LogP contribution in [0, 0.1) is 0 Å². The van der Waals surface area contributed by atoms with Crippen LogP contribution in [0.4, 0.5) is 0 Å². The highest BCUT2D eigenvalue weighted by Crippen LogP contribution is 2.30. The van der Waals surface area contributed by atoms with E-state index < -0.39 is 5.97 Å². The summed E-state index contributed by atoms with van der Waals surface area (Å²) >= 11 is 7.05. The van der Waals surface area contributed by atoms with Crippen molar-refractivity contribution in [2.45, 2.75) is 12.8 Å². The van der Waals surface area contributed by atoms with Gasteiger partial charge in [0, 0.05) is 16.2 Å². The Balaban J connectivity index is 1.68. The fourth-order valence-corrected chi connectivity index (χ4v) is 4.26. The van der Waals surface area contributed by atoms with Crippen molar-refractivity contribution < 1.29 is 9.53 Å². The Morgan fingerprint density at radius 2 is 1.47 bits per heavy atom. The van der Waals surface area contributed by atoms with E-state index in [2.05, 4.69) is 42.9 Å². The molecule has 4 aromatic rings. The van der Waals surface area contributed by atoms with Crippen LogP contribution in [0.3, 0.4) is 0 Å². The molecule has 0 aliphatic carbocycles. The molecule has 0 amide bonds. The summed E-state index contributed by atoms with van der Waals surface area (Å²) in [4.78, 5) is 16.2. The molecule has 5 heteroatoms. The van der Waals surface area contributed by atoms with Gasteiger partial charge in [-0.25, -0.2) is 4.79 Å². The van der Waals surface area contributed by atoms with E-state index in [4.69, 9.17) is 4.74 Å². The number of carbonyl (C=O) groups excluding carboxylic acids is 1. The van der Waals surface area contributed by atoms with Gasteiger partial charge < -0.3 is 9.72 Å². The van der Waals surface area contributed by atoms with E-state index in [0.717, 1.165) is 32.1 Å². The number of aryl methyl sites for hydroxylation is 1. The van der Waals surface area contributed by atoms with E-state index in [1.54, 1.807) is 6.07 Å². The summed E-state index contributed by atoms with van der Waals surface area (Å²) in [7, 11) is 0. The molecule has 0 saturated carbocycles. The zero-order valence-electron chi connectivity index (χ0n) is 16.1. The Morgan fingerprint density at radius 3 is 2.20 bits per heavy atom. The van der Waals surface area contributed by atoms with Crippen LogP contribution in [0.5, 0.6) is 5.75 Å². The van der Waals surface area contributed by atoms with Crippen molar-refractivity contribution in [1.29, 1.82) is 0 Å². The van der Waals surface area contributed by atoms with Crippen LogP contribution in [0.25, 0.3) is 11.1 Å². The van der Waals surface area contributed by atoms with E-state index in [-0.39, 0.29) is 0 Å². The standard InChI is InChI=1S/C25H19Br2NO2/c26-21-11-5-4-10-18(21)14-15-19-20(17-8-2-1-3-9-17)16-28-24(19)25(29)30-23-13-7-6-12-22(23)27/h1-13,16,28H,14-15H2. The summed E-state index contributed by atoms with van der Waals surface area (Å²) in [6.07, 6.45) is 3.40. The molecule has 30 heavy (non-hydrogen) atoms. The second-order valence-corrected chi connectivity index (χ2v) is 8.54. The number of aromatic nitrogens is 1. The van der Waals surface area contributed by atoms with Crippen LogP contribution in [0.1, 0.15) is 21.6 Å². The number of benzene rings is 3. The van der Waals surface area contributed by atoms with Gasteiger partial charge in [-0.15, -0.1) is 0 Å². The lowest BCUT2D eigenvalue weighted by Crippen LogP contribution is -2.12. The maximum Gasteiger partial charge on any atom is 0.360 e. The van der Waals surface area contributed by atoms with Crippen molar-refractivity contribution >= 4 is 37.8 Å². The summed E-state index contributed by atoms with van der Waals surface area (Å²) in [5, 5.41) is 0. The number of hydrogen-bond acceptors (Lipinski definition) is 2. The molecule has 0 unspecified atom stereocenters. The highest BCUT2D eigenvalue weighted by atomic mass is 79.9. The molecule has 0 atom stereocenters. The van der Waals surface area contributed by atoms with Gasteiger partial charge in [0.2, 0.25) is 0 Å². The first kappa shape index (κ1) is 20.6. The third-order valence-corrected chi connectivity index (χ3v) is 6.35. The predicted molar refractivity (Wildman–Crippen MR) is 127 cm³/mol. The molecule has 1 heterocycles. The smallest absolute Gasteiger partial charge is 0.360 e.